The van der Waals surface area contributed by atoms with Gasteiger partial charge in [0.1, 0.15) is 10.8 Å². The van der Waals surface area contributed by atoms with Gasteiger partial charge in [-0.05, 0) is 30.4 Å². The first-order chi connectivity index (χ1) is 12.1. The Morgan fingerprint density at radius 2 is 2.20 bits per heavy atom. The Bertz CT molecular complexity index is 751. The molecule has 0 aliphatic heterocycles. The Balaban J connectivity index is 1.82. The van der Waals surface area contributed by atoms with Crippen LogP contribution in [0.5, 0.6) is 0 Å². The van der Waals surface area contributed by atoms with E-state index in [0.717, 1.165) is 37.2 Å². The molecule has 134 valence electrons. The number of aromatic nitrogens is 3. The predicted molar refractivity (Wildman–Crippen MR) is 95.7 cm³/mol. The van der Waals surface area contributed by atoms with Crippen LogP contribution in [0, 0.1) is 0 Å². The first kappa shape index (κ1) is 17.5. The molecular weight excluding hydrogens is 342 g/mol. The number of primary amides is 1. The summed E-state index contributed by atoms with van der Waals surface area (Å²) in [6, 6.07) is 1.87. The number of anilines is 3. The standard InChI is InChI=1S/C15H21N7O2S/c16-9-3-1-2-4-10(9)19-11-6-18-13(14(17)24)15(20-11)21-12-5-8(7-23)22-25-12/h5-6,9-10,23H,1-4,7,16H2,(H2,17,24)(H2,19,20,21)/t9-,10+/m0/s1. The van der Waals surface area contributed by atoms with Gasteiger partial charge in [0.05, 0.1) is 18.5 Å². The molecule has 3 rings (SSSR count). The zero-order chi connectivity index (χ0) is 17.8. The van der Waals surface area contributed by atoms with E-state index in [1.807, 2.05) is 0 Å². The number of nitrogens with two attached hydrogens (primary N) is 2. The molecule has 2 heterocycles. The van der Waals surface area contributed by atoms with Crippen LogP contribution in [0.2, 0.25) is 0 Å². The highest BCUT2D eigenvalue weighted by atomic mass is 32.1. The molecule has 2 atom stereocenters. The minimum absolute atomic E-state index is 0.0393. The second kappa shape index (κ2) is 7.72. The Hall–Kier alpha value is -2.30. The van der Waals surface area contributed by atoms with Gasteiger partial charge in [-0.15, -0.1) is 0 Å². The van der Waals surface area contributed by atoms with Crippen LogP contribution in [0.4, 0.5) is 16.6 Å². The minimum Gasteiger partial charge on any atom is -0.390 e. The lowest BCUT2D eigenvalue weighted by molar-refractivity contribution is 0.0996. The summed E-state index contributed by atoms with van der Waals surface area (Å²) in [4.78, 5) is 20.2. The number of amides is 1. The third-order valence-electron chi connectivity index (χ3n) is 4.12. The highest BCUT2D eigenvalue weighted by molar-refractivity contribution is 7.10. The van der Waals surface area contributed by atoms with Crippen LogP contribution in [0.15, 0.2) is 12.3 Å². The topological polar surface area (TPSA) is 152 Å². The number of carbonyl (C=O) groups is 1. The van der Waals surface area contributed by atoms with Crippen molar-refractivity contribution in [3.8, 4) is 0 Å². The van der Waals surface area contributed by atoms with Gasteiger partial charge in [0.2, 0.25) is 0 Å². The third-order valence-corrected chi connectivity index (χ3v) is 4.86. The number of nitrogens with zero attached hydrogens (tertiary/aromatic N) is 3. The van der Waals surface area contributed by atoms with Crippen LogP contribution >= 0.6 is 11.5 Å². The summed E-state index contributed by atoms with van der Waals surface area (Å²) in [7, 11) is 0. The number of hydrogen-bond donors (Lipinski definition) is 5. The molecule has 1 aliphatic rings. The van der Waals surface area contributed by atoms with Crippen LogP contribution in [-0.2, 0) is 6.61 Å². The number of rotatable bonds is 6. The van der Waals surface area contributed by atoms with Crippen molar-refractivity contribution in [2.75, 3.05) is 10.6 Å². The van der Waals surface area contributed by atoms with Crippen LogP contribution in [0.25, 0.3) is 0 Å². The monoisotopic (exact) mass is 363 g/mol. The van der Waals surface area contributed by atoms with Gasteiger partial charge in [-0.2, -0.15) is 4.37 Å². The molecule has 1 amide bonds. The summed E-state index contributed by atoms with van der Waals surface area (Å²) in [5.74, 6) is 0.0968. The summed E-state index contributed by atoms with van der Waals surface area (Å²) in [5.41, 5.74) is 12.1. The highest BCUT2D eigenvalue weighted by Gasteiger charge is 2.23. The molecule has 1 fully saturated rings. The van der Waals surface area contributed by atoms with Crippen molar-refractivity contribution >= 4 is 34.1 Å². The summed E-state index contributed by atoms with van der Waals surface area (Å²) >= 11 is 1.15. The normalized spacial score (nSPS) is 20.2. The maximum absolute atomic E-state index is 11.6. The van der Waals surface area contributed by atoms with Crippen LogP contribution in [0.3, 0.4) is 0 Å². The molecule has 2 aromatic rings. The van der Waals surface area contributed by atoms with Crippen molar-refractivity contribution in [1.29, 1.82) is 0 Å². The number of nitrogens with one attached hydrogen (secondary N) is 2. The van der Waals surface area contributed by atoms with Crippen molar-refractivity contribution in [2.45, 2.75) is 44.4 Å². The summed E-state index contributed by atoms with van der Waals surface area (Å²) in [6.07, 6.45) is 5.68. The molecule has 0 radical (unpaired) electrons. The maximum atomic E-state index is 11.6. The van der Waals surface area contributed by atoms with Gasteiger partial charge in [0.15, 0.2) is 11.5 Å². The van der Waals surface area contributed by atoms with E-state index in [1.165, 1.54) is 6.20 Å². The van der Waals surface area contributed by atoms with Gasteiger partial charge >= 0.3 is 0 Å². The fraction of sp³-hybridized carbons (Fsp3) is 0.467. The molecule has 7 N–H and O–H groups in total. The number of carbonyl (C=O) groups excluding carboxylic acids is 1. The van der Waals surface area contributed by atoms with E-state index in [-0.39, 0.29) is 30.2 Å². The molecule has 25 heavy (non-hydrogen) atoms. The molecule has 2 aromatic heterocycles. The molecule has 10 heteroatoms. The number of hydrogen-bond acceptors (Lipinski definition) is 9. The summed E-state index contributed by atoms with van der Waals surface area (Å²) in [5, 5.41) is 16.0. The van der Waals surface area contributed by atoms with Crippen molar-refractivity contribution < 1.29 is 9.90 Å². The SMILES string of the molecule is NC(=O)c1ncc(N[C@@H]2CCCC[C@@H]2N)nc1Nc1cc(CO)ns1. The van der Waals surface area contributed by atoms with Crippen LogP contribution in [-0.4, -0.2) is 37.4 Å². The van der Waals surface area contributed by atoms with Gasteiger partial charge in [-0.1, -0.05) is 12.8 Å². The first-order valence-corrected chi connectivity index (χ1v) is 8.86. The average Bonchev–Trinajstić information content (AvgIpc) is 3.04. The molecule has 0 unspecified atom stereocenters. The molecule has 9 nitrogen and oxygen atoms in total. The van der Waals surface area contributed by atoms with Crippen LogP contribution in [0.1, 0.15) is 41.9 Å². The summed E-state index contributed by atoms with van der Waals surface area (Å²) in [6.45, 7) is -0.159. The van der Waals surface area contributed by atoms with E-state index in [1.54, 1.807) is 6.07 Å². The van der Waals surface area contributed by atoms with E-state index in [9.17, 15) is 4.79 Å². The second-order valence-corrected chi connectivity index (χ2v) is 6.79. The molecule has 0 saturated heterocycles. The molecule has 1 aliphatic carbocycles. The van der Waals surface area contributed by atoms with E-state index in [0.29, 0.717) is 16.5 Å². The van der Waals surface area contributed by atoms with Crippen molar-refractivity contribution in [3.63, 3.8) is 0 Å². The molecule has 0 aromatic carbocycles. The van der Waals surface area contributed by atoms with Gasteiger partial charge in [0.25, 0.3) is 5.91 Å². The van der Waals surface area contributed by atoms with Crippen molar-refractivity contribution in [1.82, 2.24) is 14.3 Å². The van der Waals surface area contributed by atoms with Gasteiger partial charge < -0.3 is 27.2 Å². The maximum Gasteiger partial charge on any atom is 0.271 e. The quantitative estimate of drug-likeness (QED) is 0.508. The first-order valence-electron chi connectivity index (χ1n) is 8.09. The zero-order valence-corrected chi connectivity index (χ0v) is 14.4. The molecular formula is C15H21N7O2S. The fourth-order valence-electron chi connectivity index (χ4n) is 2.82. The van der Waals surface area contributed by atoms with E-state index in [4.69, 9.17) is 16.6 Å². The summed E-state index contributed by atoms with van der Waals surface area (Å²) < 4.78 is 4.06. The number of aliphatic hydroxyl groups excluding tert-OH is 1. The lowest BCUT2D eigenvalue weighted by Gasteiger charge is -2.29. The van der Waals surface area contributed by atoms with Gasteiger partial charge in [0, 0.05) is 12.1 Å². The minimum atomic E-state index is -0.678. The van der Waals surface area contributed by atoms with E-state index >= 15 is 0 Å². The van der Waals surface area contributed by atoms with Crippen molar-refractivity contribution in [3.05, 3.63) is 23.7 Å². The van der Waals surface area contributed by atoms with Gasteiger partial charge in [-0.3, -0.25) is 4.79 Å². The Labute approximate surface area is 149 Å². The average molecular weight is 363 g/mol. The molecule has 0 spiro atoms. The largest absolute Gasteiger partial charge is 0.390 e. The molecule has 0 bridgehead atoms. The third kappa shape index (κ3) is 4.21. The number of aliphatic hydroxyl groups is 1. The molecule has 1 saturated carbocycles. The van der Waals surface area contributed by atoms with Crippen molar-refractivity contribution in [2.24, 2.45) is 11.5 Å². The van der Waals surface area contributed by atoms with E-state index in [2.05, 4.69) is 25.0 Å². The smallest absolute Gasteiger partial charge is 0.271 e. The Morgan fingerprint density at radius 3 is 2.88 bits per heavy atom. The second-order valence-electron chi connectivity index (χ2n) is 5.98. The zero-order valence-electron chi connectivity index (χ0n) is 13.6. The Morgan fingerprint density at radius 1 is 1.40 bits per heavy atom. The lowest BCUT2D eigenvalue weighted by atomic mass is 9.91. The van der Waals surface area contributed by atoms with E-state index < -0.39 is 5.91 Å². The highest BCUT2D eigenvalue weighted by Crippen LogP contribution is 2.25. The van der Waals surface area contributed by atoms with Crippen LogP contribution < -0.4 is 22.1 Å². The predicted octanol–water partition coefficient (Wildman–Crippen LogP) is 0.950. The Kier molecular flexibility index (Phi) is 5.41. The fourth-order valence-corrected chi connectivity index (χ4v) is 3.47. The van der Waals surface area contributed by atoms with Gasteiger partial charge in [-0.25, -0.2) is 9.97 Å². The lowest BCUT2D eigenvalue weighted by Crippen LogP contribution is -2.42.